The van der Waals surface area contributed by atoms with Gasteiger partial charge in [-0.25, -0.2) is 4.99 Å². The number of guanidine groups is 2. The molecular weight excluding hydrogens is 306 g/mol. The fourth-order valence-corrected chi connectivity index (χ4v) is 3.55. The van der Waals surface area contributed by atoms with Crippen molar-refractivity contribution >= 4 is 23.4 Å². The smallest absolute Gasteiger partial charge is 0.220 e. The summed E-state index contributed by atoms with van der Waals surface area (Å²) in [6.07, 6.45) is 4.89. The highest BCUT2D eigenvalue weighted by Crippen LogP contribution is 2.42. The summed E-state index contributed by atoms with van der Waals surface area (Å²) in [6.45, 7) is 1.53. The minimum absolute atomic E-state index is 0.0212. The maximum atomic E-state index is 11.8. The van der Waals surface area contributed by atoms with Crippen molar-refractivity contribution in [2.75, 3.05) is 12.0 Å². The van der Waals surface area contributed by atoms with Crippen LogP contribution >= 0.6 is 0 Å². The number of rotatable bonds is 3. The number of benzene rings is 1. The van der Waals surface area contributed by atoms with Gasteiger partial charge < -0.3 is 16.2 Å². The van der Waals surface area contributed by atoms with Gasteiger partial charge in [0.05, 0.1) is 12.8 Å². The van der Waals surface area contributed by atoms with Gasteiger partial charge in [0.2, 0.25) is 11.9 Å². The van der Waals surface area contributed by atoms with Gasteiger partial charge in [-0.05, 0) is 50.8 Å². The Morgan fingerprint density at radius 1 is 1.25 bits per heavy atom. The van der Waals surface area contributed by atoms with Crippen LogP contribution in [-0.2, 0) is 0 Å². The summed E-state index contributed by atoms with van der Waals surface area (Å²) in [4.78, 5) is 22.5. The molecule has 128 valence electrons. The number of nitrogens with zero attached hydrogens (tertiary/aromatic N) is 3. The number of ether oxygens (including phenoxy) is 1. The lowest BCUT2D eigenvalue weighted by Crippen LogP contribution is -2.58. The molecule has 1 aliphatic heterocycles. The van der Waals surface area contributed by atoms with Crippen molar-refractivity contribution in [1.82, 2.24) is 0 Å². The topological polar surface area (TPSA) is 106 Å². The third-order valence-corrected chi connectivity index (χ3v) is 4.68. The first-order valence-corrected chi connectivity index (χ1v) is 8.15. The summed E-state index contributed by atoms with van der Waals surface area (Å²) < 4.78 is 5.50. The molecule has 2 aliphatic rings. The van der Waals surface area contributed by atoms with E-state index in [4.69, 9.17) is 16.2 Å². The fourth-order valence-electron chi connectivity index (χ4n) is 3.55. The van der Waals surface area contributed by atoms with Crippen LogP contribution in [0, 0.1) is 0 Å². The highest BCUT2D eigenvalue weighted by molar-refractivity contribution is 6.07. The molecule has 1 saturated carbocycles. The third-order valence-electron chi connectivity index (χ3n) is 4.68. The second-order valence-corrected chi connectivity index (χ2v) is 6.26. The maximum absolute atomic E-state index is 11.8. The Kier molecular flexibility index (Phi) is 4.17. The van der Waals surface area contributed by atoms with Crippen LogP contribution in [0.3, 0.4) is 0 Å². The highest BCUT2D eigenvalue weighted by atomic mass is 16.5. The van der Waals surface area contributed by atoms with Gasteiger partial charge in [0, 0.05) is 5.56 Å². The Labute approximate surface area is 141 Å². The van der Waals surface area contributed by atoms with Gasteiger partial charge in [-0.15, -0.1) is 0 Å². The average Bonchev–Trinajstić information content (AvgIpc) is 2.54. The molecule has 7 nitrogen and oxygen atoms in total. The van der Waals surface area contributed by atoms with Crippen molar-refractivity contribution in [3.63, 3.8) is 0 Å². The lowest BCUT2D eigenvalue weighted by Gasteiger charge is -2.45. The number of hydrogen-bond acceptors (Lipinski definition) is 7. The van der Waals surface area contributed by atoms with Crippen molar-refractivity contribution in [3.8, 4) is 5.75 Å². The van der Waals surface area contributed by atoms with Crippen LogP contribution in [0.4, 0.5) is 5.69 Å². The first kappa shape index (κ1) is 16.3. The molecule has 1 fully saturated rings. The van der Waals surface area contributed by atoms with Gasteiger partial charge in [0.25, 0.3) is 0 Å². The number of aliphatic imine (C=N–C) groups is 2. The molecule has 7 heteroatoms. The Bertz CT molecular complexity index is 720. The number of nitrogens with two attached hydrogens (primary N) is 2. The van der Waals surface area contributed by atoms with E-state index in [9.17, 15) is 4.79 Å². The van der Waals surface area contributed by atoms with Gasteiger partial charge >= 0.3 is 0 Å². The lowest BCUT2D eigenvalue weighted by molar-refractivity contribution is 0.101. The number of ketones is 1. The summed E-state index contributed by atoms with van der Waals surface area (Å²) in [6, 6.07) is 5.31. The van der Waals surface area contributed by atoms with Gasteiger partial charge in [-0.3, -0.25) is 9.69 Å². The quantitative estimate of drug-likeness (QED) is 0.825. The summed E-state index contributed by atoms with van der Waals surface area (Å²) in [5.74, 6) is 1.08. The molecule has 0 bridgehead atoms. The third kappa shape index (κ3) is 2.70. The molecule has 0 unspecified atom stereocenters. The molecule has 1 spiro atoms. The van der Waals surface area contributed by atoms with Gasteiger partial charge in [-0.2, -0.15) is 4.99 Å². The van der Waals surface area contributed by atoms with Crippen LogP contribution in [0.15, 0.2) is 28.2 Å². The van der Waals surface area contributed by atoms with E-state index in [-0.39, 0.29) is 17.7 Å². The molecule has 0 aromatic heterocycles. The van der Waals surface area contributed by atoms with Crippen molar-refractivity contribution in [3.05, 3.63) is 23.8 Å². The van der Waals surface area contributed by atoms with E-state index < -0.39 is 5.66 Å². The molecule has 1 heterocycles. The van der Waals surface area contributed by atoms with Crippen LogP contribution in [0.2, 0.25) is 0 Å². The van der Waals surface area contributed by atoms with E-state index in [1.807, 2.05) is 4.90 Å². The number of hydrogen-bond donors (Lipinski definition) is 2. The molecule has 1 aromatic rings. The number of carbonyl (C=O) groups is 1. The normalized spacial score (nSPS) is 19.7. The zero-order valence-electron chi connectivity index (χ0n) is 14.1. The van der Waals surface area contributed by atoms with Gasteiger partial charge in [0.1, 0.15) is 11.4 Å². The number of methoxy groups -OCH3 is 1. The molecule has 1 aromatic carbocycles. The van der Waals surface area contributed by atoms with E-state index in [0.29, 0.717) is 17.0 Å². The second-order valence-electron chi connectivity index (χ2n) is 6.26. The highest BCUT2D eigenvalue weighted by Gasteiger charge is 2.43. The minimum atomic E-state index is -0.559. The molecule has 1 aliphatic carbocycles. The zero-order chi connectivity index (χ0) is 17.3. The standard InChI is InChI=1S/C17H23N5O2/c1-11(23)12-6-7-14(24-2)13(10-12)22-16(19)20-15(18)21-17(22)8-4-3-5-9-17/h6-7,10H,3-5,8-9H2,1-2H3,(H4,18,19,20,21). The predicted molar refractivity (Wildman–Crippen MR) is 94.5 cm³/mol. The Hall–Kier alpha value is -2.57. The van der Waals surface area contributed by atoms with Crippen LogP contribution in [0.1, 0.15) is 49.4 Å². The summed E-state index contributed by atoms with van der Waals surface area (Å²) in [5.41, 5.74) is 12.9. The Morgan fingerprint density at radius 3 is 2.58 bits per heavy atom. The number of carbonyl (C=O) groups excluding carboxylic acids is 1. The first-order chi connectivity index (χ1) is 11.5. The molecule has 0 atom stereocenters. The molecule has 0 radical (unpaired) electrons. The van der Waals surface area contributed by atoms with Crippen LogP contribution in [0.25, 0.3) is 0 Å². The molecule has 0 amide bonds. The summed E-state index contributed by atoms with van der Waals surface area (Å²) in [5, 5.41) is 0. The fraction of sp³-hybridized carbons (Fsp3) is 0.471. The summed E-state index contributed by atoms with van der Waals surface area (Å²) in [7, 11) is 1.59. The lowest BCUT2D eigenvalue weighted by atomic mass is 9.87. The minimum Gasteiger partial charge on any atom is -0.495 e. The van der Waals surface area contributed by atoms with E-state index >= 15 is 0 Å². The van der Waals surface area contributed by atoms with Gasteiger partial charge in [0.15, 0.2) is 5.78 Å². The Morgan fingerprint density at radius 2 is 1.96 bits per heavy atom. The van der Waals surface area contributed by atoms with Crippen molar-refractivity contribution < 1.29 is 9.53 Å². The Balaban J connectivity index is 2.16. The maximum Gasteiger partial charge on any atom is 0.220 e. The largest absolute Gasteiger partial charge is 0.495 e. The molecule has 4 N–H and O–H groups in total. The second kappa shape index (κ2) is 6.14. The van der Waals surface area contributed by atoms with E-state index in [0.717, 1.165) is 32.1 Å². The average molecular weight is 329 g/mol. The van der Waals surface area contributed by atoms with Crippen molar-refractivity contribution in [1.29, 1.82) is 0 Å². The SMILES string of the molecule is COc1ccc(C(C)=O)cc1N1C(N)=NC(N)=NC12CCCCC2. The van der Waals surface area contributed by atoms with Crippen LogP contribution in [0.5, 0.6) is 5.75 Å². The van der Waals surface area contributed by atoms with Crippen molar-refractivity contribution in [2.45, 2.75) is 44.7 Å². The van der Waals surface area contributed by atoms with E-state index in [1.165, 1.54) is 6.92 Å². The van der Waals surface area contributed by atoms with Crippen LogP contribution in [-0.4, -0.2) is 30.5 Å². The van der Waals surface area contributed by atoms with Gasteiger partial charge in [-0.1, -0.05) is 6.42 Å². The monoisotopic (exact) mass is 329 g/mol. The molecule has 3 rings (SSSR count). The molecular formula is C17H23N5O2. The number of Topliss-reactive ketones (excluding diaryl/α,β-unsaturated/α-hetero) is 1. The van der Waals surface area contributed by atoms with Crippen LogP contribution < -0.4 is 21.1 Å². The van der Waals surface area contributed by atoms with E-state index in [2.05, 4.69) is 9.98 Å². The summed E-state index contributed by atoms with van der Waals surface area (Å²) >= 11 is 0. The molecule has 24 heavy (non-hydrogen) atoms. The van der Waals surface area contributed by atoms with Crippen molar-refractivity contribution in [2.24, 2.45) is 21.5 Å². The predicted octanol–water partition coefficient (Wildman–Crippen LogP) is 2.01. The molecule has 0 saturated heterocycles. The number of anilines is 1. The zero-order valence-corrected chi connectivity index (χ0v) is 14.1. The van der Waals surface area contributed by atoms with E-state index in [1.54, 1.807) is 25.3 Å². The first-order valence-electron chi connectivity index (χ1n) is 8.15.